The second-order valence-electron chi connectivity index (χ2n) is 6.41. The maximum absolute atomic E-state index is 12.5. The van der Waals surface area contributed by atoms with Crippen molar-refractivity contribution in [2.24, 2.45) is 11.8 Å². The van der Waals surface area contributed by atoms with Gasteiger partial charge >= 0.3 is 0 Å². The van der Waals surface area contributed by atoms with Crippen molar-refractivity contribution in [3.8, 4) is 0 Å². The maximum atomic E-state index is 12.5. The normalized spacial score (nSPS) is 18.5. The maximum Gasteiger partial charge on any atom is 0.216 e. The van der Waals surface area contributed by atoms with Crippen LogP contribution in [0.1, 0.15) is 53.4 Å². The third-order valence-corrected chi connectivity index (χ3v) is 6.05. The highest BCUT2D eigenvalue weighted by Crippen LogP contribution is 2.32. The van der Waals surface area contributed by atoms with Gasteiger partial charge in [0.15, 0.2) is 0 Å². The topological polar surface area (TPSA) is 57.6 Å². The van der Waals surface area contributed by atoms with Crippen LogP contribution in [0.25, 0.3) is 0 Å². The molecule has 1 N–H and O–H groups in total. The van der Waals surface area contributed by atoms with Gasteiger partial charge in [-0.1, -0.05) is 13.8 Å². The molecule has 0 heterocycles. The molecule has 5 heteroatoms. The highest BCUT2D eigenvalue weighted by atomic mass is 32.2. The number of hydrogen-bond acceptors (Lipinski definition) is 3. The molecule has 0 spiro atoms. The summed E-state index contributed by atoms with van der Waals surface area (Å²) in [6.07, 6.45) is 3.92. The molecule has 19 heavy (non-hydrogen) atoms. The Morgan fingerprint density at radius 3 is 2.11 bits per heavy atom. The number of nitrogens with zero attached hydrogens (tertiary/aromatic N) is 1. The first-order valence-electron chi connectivity index (χ1n) is 7.40. The zero-order valence-corrected chi connectivity index (χ0v) is 13.5. The van der Waals surface area contributed by atoms with Crippen LogP contribution in [-0.4, -0.2) is 42.3 Å². The molecule has 1 aliphatic rings. The highest BCUT2D eigenvalue weighted by molar-refractivity contribution is 7.89. The van der Waals surface area contributed by atoms with Crippen LogP contribution in [-0.2, 0) is 10.0 Å². The van der Waals surface area contributed by atoms with Gasteiger partial charge in [-0.3, -0.25) is 0 Å². The molecule has 0 aromatic carbocycles. The molecule has 0 saturated heterocycles. The van der Waals surface area contributed by atoms with Crippen molar-refractivity contribution in [1.82, 2.24) is 4.31 Å². The van der Waals surface area contributed by atoms with Crippen LogP contribution < -0.4 is 0 Å². The van der Waals surface area contributed by atoms with Gasteiger partial charge in [-0.2, -0.15) is 4.31 Å². The highest BCUT2D eigenvalue weighted by Gasteiger charge is 2.36. The van der Waals surface area contributed by atoms with E-state index in [2.05, 4.69) is 13.8 Å². The van der Waals surface area contributed by atoms with E-state index in [1.165, 1.54) is 0 Å². The smallest absolute Gasteiger partial charge is 0.216 e. The molecule has 0 unspecified atom stereocenters. The van der Waals surface area contributed by atoms with E-state index in [4.69, 9.17) is 0 Å². The van der Waals surface area contributed by atoms with Crippen molar-refractivity contribution in [3.63, 3.8) is 0 Å². The molecule has 0 bridgehead atoms. The van der Waals surface area contributed by atoms with Crippen molar-refractivity contribution < 1.29 is 13.5 Å². The summed E-state index contributed by atoms with van der Waals surface area (Å²) in [5.74, 6) is 1.03. The van der Waals surface area contributed by atoms with Gasteiger partial charge in [-0.25, -0.2) is 8.42 Å². The van der Waals surface area contributed by atoms with Crippen LogP contribution in [0, 0.1) is 11.8 Å². The number of aliphatic hydroxyl groups is 1. The van der Waals surface area contributed by atoms with Crippen molar-refractivity contribution in [1.29, 1.82) is 0 Å². The van der Waals surface area contributed by atoms with E-state index in [1.54, 1.807) is 18.2 Å². The molecule has 0 radical (unpaired) electrons. The van der Waals surface area contributed by atoms with Crippen molar-refractivity contribution in [2.75, 3.05) is 13.2 Å². The fourth-order valence-corrected chi connectivity index (χ4v) is 3.69. The van der Waals surface area contributed by atoms with Crippen LogP contribution in [0.5, 0.6) is 0 Å². The Hall–Kier alpha value is -0.130. The second kappa shape index (κ2) is 7.04. The zero-order chi connectivity index (χ0) is 14.6. The minimum atomic E-state index is -3.28. The van der Waals surface area contributed by atoms with Crippen LogP contribution in [0.3, 0.4) is 0 Å². The van der Waals surface area contributed by atoms with Crippen LogP contribution in [0.15, 0.2) is 0 Å². The van der Waals surface area contributed by atoms with Crippen molar-refractivity contribution in [2.45, 2.75) is 64.7 Å². The van der Waals surface area contributed by atoms with Gasteiger partial charge in [0.1, 0.15) is 0 Å². The largest absolute Gasteiger partial charge is 0.395 e. The predicted molar refractivity (Wildman–Crippen MR) is 78.4 cm³/mol. The minimum absolute atomic E-state index is 0.0780. The lowest BCUT2D eigenvalue weighted by atomic mass is 10.0. The van der Waals surface area contributed by atoms with Gasteiger partial charge in [0.05, 0.1) is 11.9 Å². The van der Waals surface area contributed by atoms with Crippen LogP contribution in [0.4, 0.5) is 0 Å². The summed E-state index contributed by atoms with van der Waals surface area (Å²) >= 11 is 0. The Kier molecular flexibility index (Phi) is 6.27. The Morgan fingerprint density at radius 2 is 1.74 bits per heavy atom. The van der Waals surface area contributed by atoms with E-state index in [0.29, 0.717) is 18.4 Å². The summed E-state index contributed by atoms with van der Waals surface area (Å²) in [6.45, 7) is 8.18. The monoisotopic (exact) mass is 291 g/mol. The molecule has 1 atom stereocenters. The molecule has 0 amide bonds. The van der Waals surface area contributed by atoms with Crippen LogP contribution >= 0.6 is 0 Å². The standard InChI is InChI=1S/C14H29NO3S/c1-11(2)5-8-14(10-16)15(9-13-6-7-13)19(17,18)12(3)4/h11-14,16H,5-10H2,1-4H3/t14-/m1/s1. The molecule has 1 rings (SSSR count). The third kappa shape index (κ3) is 5.04. The number of hydrogen-bond donors (Lipinski definition) is 1. The SMILES string of the molecule is CC(C)CC[C@H](CO)N(CC1CC1)S(=O)(=O)C(C)C. The minimum Gasteiger partial charge on any atom is -0.395 e. The lowest BCUT2D eigenvalue weighted by Gasteiger charge is -2.31. The van der Waals surface area contributed by atoms with Gasteiger partial charge in [0.25, 0.3) is 0 Å². The van der Waals surface area contributed by atoms with E-state index < -0.39 is 15.3 Å². The number of rotatable bonds is 9. The Morgan fingerprint density at radius 1 is 1.16 bits per heavy atom. The summed E-state index contributed by atoms with van der Waals surface area (Å²) in [5, 5.41) is 9.16. The lowest BCUT2D eigenvalue weighted by Crippen LogP contribution is -2.46. The molecule has 1 saturated carbocycles. The molecule has 1 aliphatic carbocycles. The molecule has 4 nitrogen and oxygen atoms in total. The average molecular weight is 291 g/mol. The summed E-state index contributed by atoms with van der Waals surface area (Å²) < 4.78 is 26.5. The van der Waals surface area contributed by atoms with Gasteiger partial charge in [-0.15, -0.1) is 0 Å². The average Bonchev–Trinajstić information content (AvgIpc) is 3.11. The fraction of sp³-hybridized carbons (Fsp3) is 1.00. The van der Waals surface area contributed by atoms with E-state index in [0.717, 1.165) is 25.7 Å². The molecule has 0 aromatic rings. The van der Waals surface area contributed by atoms with Gasteiger partial charge in [-0.05, 0) is 51.4 Å². The van der Waals surface area contributed by atoms with Gasteiger partial charge < -0.3 is 5.11 Å². The Labute approximate surface area is 118 Å². The summed E-state index contributed by atoms with van der Waals surface area (Å²) in [5.41, 5.74) is 0. The first-order valence-corrected chi connectivity index (χ1v) is 8.90. The Bertz CT molecular complexity index is 361. The van der Waals surface area contributed by atoms with E-state index in [1.807, 2.05) is 0 Å². The molecule has 0 aliphatic heterocycles. The molecule has 114 valence electrons. The summed E-state index contributed by atoms with van der Waals surface area (Å²) in [6, 6.07) is -0.254. The van der Waals surface area contributed by atoms with E-state index >= 15 is 0 Å². The predicted octanol–water partition coefficient (Wildman–Crippen LogP) is 2.23. The molecular weight excluding hydrogens is 262 g/mol. The quantitative estimate of drug-likeness (QED) is 0.709. The first-order chi connectivity index (χ1) is 8.78. The first kappa shape index (κ1) is 16.9. The third-order valence-electron chi connectivity index (χ3n) is 3.75. The zero-order valence-electron chi connectivity index (χ0n) is 12.7. The Balaban J connectivity index is 2.80. The summed E-state index contributed by atoms with van der Waals surface area (Å²) in [7, 11) is -3.28. The van der Waals surface area contributed by atoms with Gasteiger partial charge in [0, 0.05) is 12.6 Å². The van der Waals surface area contributed by atoms with Gasteiger partial charge in [0.2, 0.25) is 10.0 Å². The van der Waals surface area contributed by atoms with Crippen molar-refractivity contribution >= 4 is 10.0 Å². The lowest BCUT2D eigenvalue weighted by molar-refractivity contribution is 0.169. The number of aliphatic hydroxyl groups excluding tert-OH is 1. The van der Waals surface area contributed by atoms with E-state index in [9.17, 15) is 13.5 Å². The molecular formula is C14H29NO3S. The van der Waals surface area contributed by atoms with Crippen molar-refractivity contribution in [3.05, 3.63) is 0 Å². The number of sulfonamides is 1. The fourth-order valence-electron chi connectivity index (χ4n) is 2.14. The molecule has 1 fully saturated rings. The second-order valence-corrected chi connectivity index (χ2v) is 8.86. The van der Waals surface area contributed by atoms with E-state index in [-0.39, 0.29) is 12.6 Å². The van der Waals surface area contributed by atoms with Crippen LogP contribution in [0.2, 0.25) is 0 Å². The summed E-state index contributed by atoms with van der Waals surface area (Å²) in [4.78, 5) is 0. The molecule has 0 aromatic heterocycles.